The van der Waals surface area contributed by atoms with Gasteiger partial charge in [-0.15, -0.1) is 11.6 Å². The molecule has 0 aliphatic carbocycles. The molecule has 0 radical (unpaired) electrons. The molecular weight excluding hydrogens is 302 g/mol. The summed E-state index contributed by atoms with van der Waals surface area (Å²) in [5.74, 6) is 0.295. The summed E-state index contributed by atoms with van der Waals surface area (Å²) in [6.07, 6.45) is 0. The molecule has 0 saturated heterocycles. The van der Waals surface area contributed by atoms with Crippen LogP contribution < -0.4 is 0 Å². The van der Waals surface area contributed by atoms with Crippen LogP contribution >= 0.6 is 27.5 Å². The number of hydrogen-bond acceptors (Lipinski definition) is 2. The molecule has 15 heavy (non-hydrogen) atoms. The molecule has 0 N–H and O–H groups in total. The Bertz CT molecular complexity index is 459. The van der Waals surface area contributed by atoms with Gasteiger partial charge in [-0.2, -0.15) is 0 Å². The Labute approximate surface area is 103 Å². The Balaban J connectivity index is 3.37. The molecule has 1 rings (SSSR count). The van der Waals surface area contributed by atoms with E-state index in [0.29, 0.717) is 10.4 Å². The zero-order chi connectivity index (χ0) is 11.6. The van der Waals surface area contributed by atoms with Gasteiger partial charge in [-0.25, -0.2) is 12.7 Å². The van der Waals surface area contributed by atoms with Gasteiger partial charge in [0.1, 0.15) is 0 Å². The van der Waals surface area contributed by atoms with E-state index in [1.807, 2.05) is 0 Å². The Hall–Kier alpha value is -0.100. The minimum absolute atomic E-state index is 0.241. The molecule has 0 aliphatic heterocycles. The van der Waals surface area contributed by atoms with Gasteiger partial charge >= 0.3 is 0 Å². The first-order chi connectivity index (χ1) is 6.89. The van der Waals surface area contributed by atoms with Crippen molar-refractivity contribution in [3.05, 3.63) is 28.2 Å². The van der Waals surface area contributed by atoms with Crippen molar-refractivity contribution in [2.45, 2.75) is 10.8 Å². The van der Waals surface area contributed by atoms with Crippen LogP contribution in [0.2, 0.25) is 0 Å². The highest BCUT2D eigenvalue weighted by atomic mass is 79.9. The standard InChI is InChI=1S/C9H11BrClNO2S/c1-12(2)15(13,14)9-5-7(6-11)3-4-8(9)10/h3-5H,6H2,1-2H3. The molecule has 0 saturated carbocycles. The molecule has 0 amide bonds. The van der Waals surface area contributed by atoms with Gasteiger partial charge in [0.2, 0.25) is 10.0 Å². The first-order valence-corrected chi connectivity index (χ1v) is 6.93. The molecule has 0 unspecified atom stereocenters. The van der Waals surface area contributed by atoms with Crippen LogP contribution in [-0.2, 0) is 15.9 Å². The lowest BCUT2D eigenvalue weighted by Gasteiger charge is -2.13. The fourth-order valence-electron chi connectivity index (χ4n) is 1.03. The molecule has 0 aromatic heterocycles. The van der Waals surface area contributed by atoms with Crippen molar-refractivity contribution in [3.63, 3.8) is 0 Å². The second kappa shape index (κ2) is 4.82. The van der Waals surface area contributed by atoms with Gasteiger partial charge in [0.05, 0.1) is 4.90 Å². The third-order valence-corrected chi connectivity index (χ3v) is 5.03. The number of halogens is 2. The van der Waals surface area contributed by atoms with Crippen molar-refractivity contribution in [2.24, 2.45) is 0 Å². The molecule has 6 heteroatoms. The van der Waals surface area contributed by atoms with E-state index in [-0.39, 0.29) is 4.90 Å². The lowest BCUT2D eigenvalue weighted by Crippen LogP contribution is -2.22. The summed E-state index contributed by atoms with van der Waals surface area (Å²) in [7, 11) is -0.422. The van der Waals surface area contributed by atoms with Crippen molar-refractivity contribution in [1.82, 2.24) is 4.31 Å². The van der Waals surface area contributed by atoms with Gasteiger partial charge in [0, 0.05) is 24.4 Å². The van der Waals surface area contributed by atoms with Crippen LogP contribution in [0.4, 0.5) is 0 Å². The van der Waals surface area contributed by atoms with E-state index in [9.17, 15) is 8.42 Å². The van der Waals surface area contributed by atoms with E-state index in [1.54, 1.807) is 18.2 Å². The van der Waals surface area contributed by atoms with Gasteiger partial charge in [-0.3, -0.25) is 0 Å². The Morgan fingerprint density at radius 1 is 1.40 bits per heavy atom. The predicted molar refractivity (Wildman–Crippen MR) is 64.6 cm³/mol. The number of sulfonamides is 1. The lowest BCUT2D eigenvalue weighted by atomic mass is 10.2. The number of alkyl halides is 1. The van der Waals surface area contributed by atoms with Crippen LogP contribution in [0.3, 0.4) is 0 Å². The number of rotatable bonds is 3. The summed E-state index contributed by atoms with van der Waals surface area (Å²) in [5, 5.41) is 0. The molecule has 0 fully saturated rings. The largest absolute Gasteiger partial charge is 0.243 e. The average molecular weight is 313 g/mol. The minimum Gasteiger partial charge on any atom is -0.207 e. The van der Waals surface area contributed by atoms with Crippen LogP contribution in [-0.4, -0.2) is 26.8 Å². The average Bonchev–Trinajstić information content (AvgIpc) is 2.18. The van der Waals surface area contributed by atoms with Gasteiger partial charge in [-0.05, 0) is 33.6 Å². The maximum absolute atomic E-state index is 11.9. The van der Waals surface area contributed by atoms with Gasteiger partial charge < -0.3 is 0 Å². The summed E-state index contributed by atoms with van der Waals surface area (Å²) in [6.45, 7) is 0. The minimum atomic E-state index is -3.41. The van der Waals surface area contributed by atoms with E-state index in [0.717, 1.165) is 5.56 Å². The van der Waals surface area contributed by atoms with Crippen molar-refractivity contribution < 1.29 is 8.42 Å². The summed E-state index contributed by atoms with van der Waals surface area (Å²) in [6, 6.07) is 5.05. The van der Waals surface area contributed by atoms with Gasteiger partial charge in [0.15, 0.2) is 0 Å². The van der Waals surface area contributed by atoms with Crippen LogP contribution in [0, 0.1) is 0 Å². The lowest BCUT2D eigenvalue weighted by molar-refractivity contribution is 0.520. The molecule has 84 valence electrons. The highest BCUT2D eigenvalue weighted by Crippen LogP contribution is 2.25. The summed E-state index contributed by atoms with van der Waals surface area (Å²) in [4.78, 5) is 0.241. The second-order valence-corrected chi connectivity index (χ2v) is 6.43. The number of nitrogens with zero attached hydrogens (tertiary/aromatic N) is 1. The zero-order valence-corrected chi connectivity index (χ0v) is 11.5. The van der Waals surface area contributed by atoms with Gasteiger partial charge in [-0.1, -0.05) is 6.07 Å². The van der Waals surface area contributed by atoms with Gasteiger partial charge in [0.25, 0.3) is 0 Å². The number of hydrogen-bond donors (Lipinski definition) is 0. The second-order valence-electron chi connectivity index (χ2n) is 3.19. The van der Waals surface area contributed by atoms with Crippen molar-refractivity contribution in [1.29, 1.82) is 0 Å². The molecular formula is C9H11BrClNO2S. The maximum atomic E-state index is 11.9. The third-order valence-electron chi connectivity index (χ3n) is 1.91. The number of benzene rings is 1. The smallest absolute Gasteiger partial charge is 0.207 e. The van der Waals surface area contributed by atoms with Crippen LogP contribution in [0.25, 0.3) is 0 Å². The molecule has 0 bridgehead atoms. The Kier molecular flexibility index (Phi) is 4.17. The zero-order valence-electron chi connectivity index (χ0n) is 8.37. The molecule has 0 spiro atoms. The van der Waals surface area contributed by atoms with E-state index in [1.165, 1.54) is 18.4 Å². The molecule has 0 aliphatic rings. The van der Waals surface area contributed by atoms with E-state index in [2.05, 4.69) is 15.9 Å². The molecule has 1 aromatic carbocycles. The first-order valence-electron chi connectivity index (χ1n) is 4.16. The third kappa shape index (κ3) is 2.72. The molecule has 0 atom stereocenters. The van der Waals surface area contributed by atoms with Crippen LogP contribution in [0.5, 0.6) is 0 Å². The quantitative estimate of drug-likeness (QED) is 0.804. The summed E-state index contributed by atoms with van der Waals surface area (Å²) < 4.78 is 25.5. The highest BCUT2D eigenvalue weighted by Gasteiger charge is 2.20. The summed E-state index contributed by atoms with van der Waals surface area (Å²) >= 11 is 8.87. The predicted octanol–water partition coefficient (Wildman–Crippen LogP) is 2.44. The topological polar surface area (TPSA) is 37.4 Å². The Morgan fingerprint density at radius 2 is 2.00 bits per heavy atom. The fourth-order valence-corrected chi connectivity index (χ4v) is 3.06. The summed E-state index contributed by atoms with van der Waals surface area (Å²) in [5.41, 5.74) is 0.778. The first kappa shape index (κ1) is 13.0. The molecule has 0 heterocycles. The van der Waals surface area contributed by atoms with Crippen molar-refractivity contribution >= 4 is 37.6 Å². The molecule has 1 aromatic rings. The van der Waals surface area contributed by atoms with E-state index >= 15 is 0 Å². The van der Waals surface area contributed by atoms with E-state index < -0.39 is 10.0 Å². The fraction of sp³-hybridized carbons (Fsp3) is 0.333. The van der Waals surface area contributed by atoms with Crippen molar-refractivity contribution in [3.8, 4) is 0 Å². The van der Waals surface area contributed by atoms with Crippen molar-refractivity contribution in [2.75, 3.05) is 14.1 Å². The monoisotopic (exact) mass is 311 g/mol. The Morgan fingerprint density at radius 3 is 2.47 bits per heavy atom. The SMILES string of the molecule is CN(C)S(=O)(=O)c1cc(CCl)ccc1Br. The molecule has 3 nitrogen and oxygen atoms in total. The maximum Gasteiger partial charge on any atom is 0.243 e. The highest BCUT2D eigenvalue weighted by molar-refractivity contribution is 9.10. The van der Waals surface area contributed by atoms with Crippen LogP contribution in [0.1, 0.15) is 5.56 Å². The van der Waals surface area contributed by atoms with E-state index in [4.69, 9.17) is 11.6 Å². The van der Waals surface area contributed by atoms with Crippen LogP contribution in [0.15, 0.2) is 27.6 Å². The normalized spacial score (nSPS) is 12.1.